The van der Waals surface area contributed by atoms with Gasteiger partial charge in [-0.25, -0.2) is 0 Å². The Bertz CT molecular complexity index is 590. The van der Waals surface area contributed by atoms with Crippen LogP contribution in [-0.2, 0) is 13.6 Å². The minimum absolute atomic E-state index is 0.207. The average Bonchev–Trinajstić information content (AvgIpc) is 2.95. The van der Waals surface area contributed by atoms with Gasteiger partial charge in [0.2, 0.25) is 0 Å². The molecule has 0 aliphatic rings. The van der Waals surface area contributed by atoms with E-state index in [1.54, 1.807) is 19.6 Å². The summed E-state index contributed by atoms with van der Waals surface area (Å²) in [7, 11) is 1.71. The highest BCUT2D eigenvalue weighted by Gasteiger charge is 2.20. The first kappa shape index (κ1) is 13.5. The molecule has 1 atom stereocenters. The van der Waals surface area contributed by atoms with Crippen LogP contribution in [-0.4, -0.2) is 30.5 Å². The number of nitrogens with one attached hydrogen (secondary N) is 1. The summed E-state index contributed by atoms with van der Waals surface area (Å²) in [6.45, 7) is 4.56. The molecule has 0 aromatic carbocycles. The maximum atomic E-state index is 12.1. The van der Waals surface area contributed by atoms with Crippen LogP contribution in [0.25, 0.3) is 0 Å². The van der Waals surface area contributed by atoms with Gasteiger partial charge >= 0.3 is 0 Å². The predicted octanol–water partition coefficient (Wildman–Crippen LogP) is 1.18. The third-order valence-corrected chi connectivity index (χ3v) is 3.00. The molecule has 1 N–H and O–H groups in total. The molecule has 7 nitrogen and oxygen atoms in total. The van der Waals surface area contributed by atoms with Crippen molar-refractivity contribution in [1.82, 2.24) is 29.9 Å². The SMILES string of the molecule is CCn1cnnc1C(C)NC(=O)c1nn(C)cc1Cl. The van der Waals surface area contributed by atoms with Crippen LogP contribution in [0, 0.1) is 0 Å². The molecule has 2 aromatic rings. The molecule has 0 fully saturated rings. The number of carbonyl (C=O) groups excluding carboxylic acids is 1. The highest BCUT2D eigenvalue weighted by molar-refractivity contribution is 6.33. The molecular formula is C11H15ClN6O. The number of hydrogen-bond acceptors (Lipinski definition) is 4. The molecular weight excluding hydrogens is 268 g/mol. The fourth-order valence-electron chi connectivity index (χ4n) is 1.79. The van der Waals surface area contributed by atoms with Gasteiger partial charge in [-0.1, -0.05) is 11.6 Å². The summed E-state index contributed by atoms with van der Waals surface area (Å²) in [5.41, 5.74) is 0.207. The maximum Gasteiger partial charge on any atom is 0.273 e. The lowest BCUT2D eigenvalue weighted by atomic mass is 10.3. The summed E-state index contributed by atoms with van der Waals surface area (Å²) in [6, 6.07) is -0.270. The molecule has 0 saturated carbocycles. The summed E-state index contributed by atoms with van der Waals surface area (Å²) in [6.07, 6.45) is 3.21. The Morgan fingerprint density at radius 3 is 2.89 bits per heavy atom. The summed E-state index contributed by atoms with van der Waals surface area (Å²) in [5, 5.41) is 15.0. The second-order valence-corrected chi connectivity index (χ2v) is 4.58. The minimum atomic E-state index is -0.330. The Morgan fingerprint density at radius 1 is 1.58 bits per heavy atom. The van der Waals surface area contributed by atoms with Crippen molar-refractivity contribution in [2.45, 2.75) is 26.4 Å². The molecule has 0 aliphatic heterocycles. The number of rotatable bonds is 4. The highest BCUT2D eigenvalue weighted by atomic mass is 35.5. The van der Waals surface area contributed by atoms with Crippen LogP contribution in [0.15, 0.2) is 12.5 Å². The molecule has 102 valence electrons. The predicted molar refractivity (Wildman–Crippen MR) is 69.8 cm³/mol. The molecule has 0 bridgehead atoms. The molecule has 0 spiro atoms. The molecule has 2 rings (SSSR count). The van der Waals surface area contributed by atoms with E-state index in [2.05, 4.69) is 20.6 Å². The standard InChI is InChI=1S/C11H15ClN6O/c1-4-18-6-13-15-10(18)7(2)14-11(19)9-8(12)5-17(3)16-9/h5-7H,4H2,1-3H3,(H,14,19). The number of aromatic nitrogens is 5. The van der Waals surface area contributed by atoms with Crippen molar-refractivity contribution in [3.05, 3.63) is 29.1 Å². The Hall–Kier alpha value is -1.89. The topological polar surface area (TPSA) is 77.6 Å². The number of carbonyl (C=O) groups is 1. The van der Waals surface area contributed by atoms with Crippen LogP contribution in [0.5, 0.6) is 0 Å². The molecule has 0 aliphatic carbocycles. The van der Waals surface area contributed by atoms with Gasteiger partial charge in [0.15, 0.2) is 11.5 Å². The molecule has 8 heteroatoms. The van der Waals surface area contributed by atoms with Gasteiger partial charge < -0.3 is 9.88 Å². The molecule has 0 radical (unpaired) electrons. The number of amides is 1. The van der Waals surface area contributed by atoms with E-state index in [1.165, 1.54) is 4.68 Å². The van der Waals surface area contributed by atoms with Gasteiger partial charge in [-0.15, -0.1) is 10.2 Å². The van der Waals surface area contributed by atoms with Crippen molar-refractivity contribution in [2.24, 2.45) is 7.05 Å². The average molecular weight is 283 g/mol. The Morgan fingerprint density at radius 2 is 2.32 bits per heavy atom. The summed E-state index contributed by atoms with van der Waals surface area (Å²) in [5.74, 6) is 0.367. The fourth-order valence-corrected chi connectivity index (χ4v) is 2.05. The maximum absolute atomic E-state index is 12.1. The highest BCUT2D eigenvalue weighted by Crippen LogP contribution is 2.15. The number of hydrogen-bond donors (Lipinski definition) is 1. The van der Waals surface area contributed by atoms with E-state index in [0.29, 0.717) is 10.8 Å². The number of nitrogens with zero attached hydrogens (tertiary/aromatic N) is 5. The zero-order valence-corrected chi connectivity index (χ0v) is 11.7. The molecule has 2 aromatic heterocycles. The van der Waals surface area contributed by atoms with Gasteiger partial charge in [-0.3, -0.25) is 9.48 Å². The van der Waals surface area contributed by atoms with Crippen molar-refractivity contribution in [2.75, 3.05) is 0 Å². The quantitative estimate of drug-likeness (QED) is 0.913. The van der Waals surface area contributed by atoms with E-state index in [9.17, 15) is 4.79 Å². The van der Waals surface area contributed by atoms with E-state index in [-0.39, 0.29) is 17.6 Å². The van der Waals surface area contributed by atoms with Crippen LogP contribution >= 0.6 is 11.6 Å². The van der Waals surface area contributed by atoms with Crippen molar-refractivity contribution in [1.29, 1.82) is 0 Å². The van der Waals surface area contributed by atoms with Gasteiger partial charge in [0, 0.05) is 19.8 Å². The van der Waals surface area contributed by atoms with E-state index >= 15 is 0 Å². The van der Waals surface area contributed by atoms with E-state index in [0.717, 1.165) is 6.54 Å². The number of aryl methyl sites for hydroxylation is 2. The van der Waals surface area contributed by atoms with E-state index in [1.807, 2.05) is 18.4 Å². The monoisotopic (exact) mass is 282 g/mol. The van der Waals surface area contributed by atoms with E-state index in [4.69, 9.17) is 11.6 Å². The lowest BCUT2D eigenvalue weighted by Gasteiger charge is -2.13. The lowest BCUT2D eigenvalue weighted by Crippen LogP contribution is -2.29. The third-order valence-electron chi connectivity index (χ3n) is 2.72. The molecule has 1 amide bonds. The van der Waals surface area contributed by atoms with Gasteiger partial charge in [0.1, 0.15) is 6.33 Å². The first-order valence-corrected chi connectivity index (χ1v) is 6.28. The van der Waals surface area contributed by atoms with Gasteiger partial charge in [0.05, 0.1) is 11.1 Å². The summed E-state index contributed by atoms with van der Waals surface area (Å²) < 4.78 is 3.36. The molecule has 0 saturated heterocycles. The second-order valence-electron chi connectivity index (χ2n) is 4.17. The number of halogens is 1. The molecule has 19 heavy (non-hydrogen) atoms. The van der Waals surface area contributed by atoms with Crippen LogP contribution in [0.3, 0.4) is 0 Å². The third kappa shape index (κ3) is 2.76. The van der Waals surface area contributed by atoms with Crippen molar-refractivity contribution < 1.29 is 4.79 Å². The lowest BCUT2D eigenvalue weighted by molar-refractivity contribution is 0.0932. The second kappa shape index (κ2) is 5.40. The largest absolute Gasteiger partial charge is 0.341 e. The molecule has 1 unspecified atom stereocenters. The Kier molecular flexibility index (Phi) is 3.84. The summed E-state index contributed by atoms with van der Waals surface area (Å²) >= 11 is 5.93. The van der Waals surface area contributed by atoms with Crippen LogP contribution < -0.4 is 5.32 Å². The van der Waals surface area contributed by atoms with Crippen molar-refractivity contribution >= 4 is 17.5 Å². The smallest absolute Gasteiger partial charge is 0.273 e. The van der Waals surface area contributed by atoms with Crippen LogP contribution in [0.2, 0.25) is 5.02 Å². The van der Waals surface area contributed by atoms with Crippen LogP contribution in [0.1, 0.15) is 36.2 Å². The van der Waals surface area contributed by atoms with Gasteiger partial charge in [0.25, 0.3) is 5.91 Å². The zero-order valence-electron chi connectivity index (χ0n) is 11.0. The molecule has 2 heterocycles. The Balaban J connectivity index is 2.13. The zero-order chi connectivity index (χ0) is 14.0. The fraction of sp³-hybridized carbons (Fsp3) is 0.455. The van der Waals surface area contributed by atoms with Gasteiger partial charge in [-0.2, -0.15) is 5.10 Å². The van der Waals surface area contributed by atoms with E-state index < -0.39 is 0 Å². The normalized spacial score (nSPS) is 12.4. The van der Waals surface area contributed by atoms with Gasteiger partial charge in [-0.05, 0) is 13.8 Å². The van der Waals surface area contributed by atoms with Crippen LogP contribution in [0.4, 0.5) is 0 Å². The van der Waals surface area contributed by atoms with Crippen molar-refractivity contribution in [3.8, 4) is 0 Å². The first-order chi connectivity index (χ1) is 9.02. The van der Waals surface area contributed by atoms with Crippen molar-refractivity contribution in [3.63, 3.8) is 0 Å². The summed E-state index contributed by atoms with van der Waals surface area (Å²) in [4.78, 5) is 12.1. The first-order valence-electron chi connectivity index (χ1n) is 5.90. The minimum Gasteiger partial charge on any atom is -0.341 e. The Labute approximate surface area is 115 Å².